The predicted octanol–water partition coefficient (Wildman–Crippen LogP) is 3.29. The highest BCUT2D eigenvalue weighted by molar-refractivity contribution is 6.30. The van der Waals surface area contributed by atoms with Crippen molar-refractivity contribution in [2.45, 2.75) is 25.8 Å². The molecule has 11 heteroatoms. The van der Waals surface area contributed by atoms with E-state index >= 15 is 0 Å². The number of urea groups is 1. The Hall–Kier alpha value is -3.79. The van der Waals surface area contributed by atoms with Gasteiger partial charge in [0.15, 0.2) is 5.84 Å². The van der Waals surface area contributed by atoms with Gasteiger partial charge in [-0.05, 0) is 54.3 Å². The molecule has 3 rings (SSSR count). The van der Waals surface area contributed by atoms with Crippen LogP contribution < -0.4 is 15.4 Å². The maximum absolute atomic E-state index is 13.4. The molecule has 1 fully saturated rings. The Labute approximate surface area is 207 Å². The number of hydrogen-bond donors (Lipinski definition) is 4. The summed E-state index contributed by atoms with van der Waals surface area (Å²) in [6.45, 7) is 1.71. The maximum Gasteiger partial charge on any atom is 0.335 e. The molecule has 0 bridgehead atoms. The summed E-state index contributed by atoms with van der Waals surface area (Å²) in [5, 5.41) is 28.0. The Bertz CT molecular complexity index is 1140. The number of oxime groups is 1. The first kappa shape index (κ1) is 25.8. The van der Waals surface area contributed by atoms with Gasteiger partial charge in [-0.3, -0.25) is 9.69 Å². The fourth-order valence-corrected chi connectivity index (χ4v) is 4.13. The number of benzene rings is 2. The number of amides is 3. The summed E-state index contributed by atoms with van der Waals surface area (Å²) in [4.78, 5) is 39.0. The summed E-state index contributed by atoms with van der Waals surface area (Å²) in [5.41, 5.74) is 1.38. The van der Waals surface area contributed by atoms with Gasteiger partial charge in [-0.15, -0.1) is 0 Å². The van der Waals surface area contributed by atoms with E-state index in [1.807, 2.05) is 6.92 Å². The molecule has 3 amide bonds. The number of nitrogens with one attached hydrogen (secondary N) is 2. The van der Waals surface area contributed by atoms with Crippen LogP contribution in [0.3, 0.4) is 0 Å². The second-order valence-electron chi connectivity index (χ2n) is 8.05. The highest BCUT2D eigenvalue weighted by Gasteiger charge is 2.34. The number of carbonyl (C=O) groups excluding carboxylic acids is 2. The molecule has 1 unspecified atom stereocenters. The van der Waals surface area contributed by atoms with E-state index in [2.05, 4.69) is 15.8 Å². The van der Waals surface area contributed by atoms with Gasteiger partial charge in [0.25, 0.3) is 0 Å². The SMILES string of the molecule is CCC(NC(=O)N1C/C(=N/O)NC[C@@H](Cc2cc(Cl)ccc2OC)C1=O)c1cccc(C(=O)O)c1. The number of halogens is 1. The third-order valence-corrected chi connectivity index (χ3v) is 6.03. The van der Waals surface area contributed by atoms with E-state index in [1.165, 1.54) is 19.2 Å². The molecule has 2 atom stereocenters. The zero-order chi connectivity index (χ0) is 25.5. The van der Waals surface area contributed by atoms with Gasteiger partial charge in [0.2, 0.25) is 5.91 Å². The van der Waals surface area contributed by atoms with Crippen molar-refractivity contribution in [1.82, 2.24) is 15.5 Å². The van der Waals surface area contributed by atoms with Crippen molar-refractivity contribution in [3.8, 4) is 5.75 Å². The molecule has 1 aliphatic heterocycles. The van der Waals surface area contributed by atoms with Crippen LogP contribution >= 0.6 is 11.6 Å². The standard InChI is InChI=1S/C24H27ClN4O6/c1-3-19(14-5-4-6-15(9-14)23(31)32)27-24(33)29-13-21(28-34)26-12-17(22(29)30)10-16-11-18(25)7-8-20(16)35-2/h4-9,11,17,19,34H,3,10,12-13H2,1-2H3,(H,26,28)(H,27,33)(H,31,32)/t17-,19?/m1/s1. The number of ether oxygens (including phenoxy) is 1. The van der Waals surface area contributed by atoms with E-state index < -0.39 is 29.9 Å². The zero-order valence-corrected chi connectivity index (χ0v) is 20.1. The number of carboxylic acids is 1. The minimum absolute atomic E-state index is 0.0648. The molecule has 2 aromatic rings. The van der Waals surface area contributed by atoms with Crippen LogP contribution in [0.2, 0.25) is 5.02 Å². The van der Waals surface area contributed by atoms with Crippen molar-refractivity contribution >= 4 is 35.3 Å². The number of rotatable bonds is 7. The van der Waals surface area contributed by atoms with Crippen LogP contribution in [-0.2, 0) is 11.2 Å². The first-order valence-corrected chi connectivity index (χ1v) is 11.4. The van der Waals surface area contributed by atoms with Crippen molar-refractivity contribution in [3.05, 3.63) is 64.2 Å². The summed E-state index contributed by atoms with van der Waals surface area (Å²) in [7, 11) is 1.51. The smallest absolute Gasteiger partial charge is 0.335 e. The molecule has 0 spiro atoms. The summed E-state index contributed by atoms with van der Waals surface area (Å²) in [5.74, 6) is -1.60. The average Bonchev–Trinajstić information content (AvgIpc) is 3.01. The van der Waals surface area contributed by atoms with Crippen molar-refractivity contribution in [2.24, 2.45) is 11.1 Å². The molecule has 0 aliphatic carbocycles. The number of nitrogens with zero attached hydrogens (tertiary/aromatic N) is 2. The largest absolute Gasteiger partial charge is 0.496 e. The Balaban J connectivity index is 1.85. The molecule has 0 radical (unpaired) electrons. The molecule has 2 aromatic carbocycles. The molecule has 4 N–H and O–H groups in total. The monoisotopic (exact) mass is 502 g/mol. The second kappa shape index (κ2) is 11.6. The first-order valence-electron chi connectivity index (χ1n) is 11.0. The molecule has 1 saturated heterocycles. The fourth-order valence-electron chi connectivity index (χ4n) is 3.94. The summed E-state index contributed by atoms with van der Waals surface area (Å²) in [6, 6.07) is 10.1. The van der Waals surface area contributed by atoms with E-state index in [0.717, 1.165) is 4.90 Å². The van der Waals surface area contributed by atoms with E-state index in [0.29, 0.717) is 28.3 Å². The van der Waals surface area contributed by atoms with Gasteiger partial charge in [0, 0.05) is 11.6 Å². The molecule has 1 heterocycles. The Kier molecular flexibility index (Phi) is 8.53. The minimum Gasteiger partial charge on any atom is -0.496 e. The van der Waals surface area contributed by atoms with Crippen LogP contribution in [-0.4, -0.2) is 59.2 Å². The van der Waals surface area contributed by atoms with Gasteiger partial charge in [0.1, 0.15) is 5.75 Å². The van der Waals surface area contributed by atoms with Crippen molar-refractivity contribution in [1.29, 1.82) is 0 Å². The maximum atomic E-state index is 13.4. The third kappa shape index (κ3) is 6.21. The fraction of sp³-hybridized carbons (Fsp3) is 0.333. The molecule has 35 heavy (non-hydrogen) atoms. The number of amidine groups is 1. The van der Waals surface area contributed by atoms with Gasteiger partial charge in [0.05, 0.1) is 31.2 Å². The highest BCUT2D eigenvalue weighted by Crippen LogP contribution is 2.27. The Morgan fingerprint density at radius 3 is 2.74 bits per heavy atom. The van der Waals surface area contributed by atoms with E-state index in [9.17, 15) is 24.7 Å². The minimum atomic E-state index is -1.08. The van der Waals surface area contributed by atoms with Gasteiger partial charge in [-0.1, -0.05) is 35.8 Å². The third-order valence-electron chi connectivity index (χ3n) is 5.79. The lowest BCUT2D eigenvalue weighted by molar-refractivity contribution is -0.131. The van der Waals surface area contributed by atoms with Crippen molar-refractivity contribution < 1.29 is 29.4 Å². The molecule has 0 saturated carbocycles. The zero-order valence-electron chi connectivity index (χ0n) is 19.3. The lowest BCUT2D eigenvalue weighted by Crippen LogP contribution is -2.48. The van der Waals surface area contributed by atoms with Crippen LogP contribution in [0.5, 0.6) is 5.75 Å². The summed E-state index contributed by atoms with van der Waals surface area (Å²) < 4.78 is 5.38. The number of carboxylic acid groups (broad SMARTS) is 1. The van der Waals surface area contributed by atoms with Gasteiger partial charge < -0.3 is 25.7 Å². The number of aromatic carboxylic acids is 1. The lowest BCUT2D eigenvalue weighted by atomic mass is 9.97. The van der Waals surface area contributed by atoms with E-state index in [4.69, 9.17) is 16.3 Å². The van der Waals surface area contributed by atoms with Crippen molar-refractivity contribution in [2.75, 3.05) is 20.2 Å². The van der Waals surface area contributed by atoms with Gasteiger partial charge >= 0.3 is 12.0 Å². The molecular weight excluding hydrogens is 476 g/mol. The van der Waals surface area contributed by atoms with Crippen molar-refractivity contribution in [3.63, 3.8) is 0 Å². The lowest BCUT2D eigenvalue weighted by Gasteiger charge is -2.26. The van der Waals surface area contributed by atoms with Crippen LogP contribution in [0.25, 0.3) is 0 Å². The Morgan fingerprint density at radius 2 is 2.09 bits per heavy atom. The first-order chi connectivity index (χ1) is 16.8. The predicted molar refractivity (Wildman–Crippen MR) is 129 cm³/mol. The highest BCUT2D eigenvalue weighted by atomic mass is 35.5. The number of hydrogen-bond acceptors (Lipinski definition) is 6. The van der Waals surface area contributed by atoms with Crippen LogP contribution in [0, 0.1) is 5.92 Å². The van der Waals surface area contributed by atoms with E-state index in [1.54, 1.807) is 30.3 Å². The molecule has 10 nitrogen and oxygen atoms in total. The number of imide groups is 1. The topological polar surface area (TPSA) is 141 Å². The van der Waals surface area contributed by atoms with Crippen LogP contribution in [0.15, 0.2) is 47.6 Å². The molecular formula is C24H27ClN4O6. The normalized spacial score (nSPS) is 17.9. The van der Waals surface area contributed by atoms with Gasteiger partial charge in [-0.2, -0.15) is 0 Å². The van der Waals surface area contributed by atoms with Crippen LogP contribution in [0.1, 0.15) is 40.9 Å². The summed E-state index contributed by atoms with van der Waals surface area (Å²) in [6.07, 6.45) is 0.690. The summed E-state index contributed by atoms with van der Waals surface area (Å²) >= 11 is 6.13. The molecule has 1 aliphatic rings. The number of methoxy groups -OCH3 is 1. The molecule has 0 aromatic heterocycles. The number of carbonyl (C=O) groups is 3. The molecule has 186 valence electrons. The quantitative estimate of drug-likeness (QED) is 0.336. The van der Waals surface area contributed by atoms with E-state index in [-0.39, 0.29) is 30.9 Å². The van der Waals surface area contributed by atoms with Crippen LogP contribution in [0.4, 0.5) is 4.79 Å². The second-order valence-corrected chi connectivity index (χ2v) is 8.49. The Morgan fingerprint density at radius 1 is 1.31 bits per heavy atom. The van der Waals surface area contributed by atoms with Gasteiger partial charge in [-0.25, -0.2) is 9.59 Å². The average molecular weight is 503 g/mol.